The summed E-state index contributed by atoms with van der Waals surface area (Å²) in [5, 5.41) is 0. The first-order valence-corrected chi connectivity index (χ1v) is 5.66. The van der Waals surface area contributed by atoms with Crippen molar-refractivity contribution >= 4 is 5.69 Å². The van der Waals surface area contributed by atoms with Gasteiger partial charge in [0.25, 0.3) is 0 Å². The number of nitrogens with two attached hydrogens (primary N) is 1. The normalized spacial score (nSPS) is 12.9. The van der Waals surface area contributed by atoms with Crippen molar-refractivity contribution in [2.24, 2.45) is 0 Å². The molecule has 1 heterocycles. The molecule has 0 bridgehead atoms. The first-order valence-electron chi connectivity index (χ1n) is 5.66. The molecule has 2 N–H and O–H groups in total. The van der Waals surface area contributed by atoms with Crippen LogP contribution in [0.2, 0.25) is 0 Å². The van der Waals surface area contributed by atoms with Crippen molar-refractivity contribution in [3.8, 4) is 0 Å². The van der Waals surface area contributed by atoms with E-state index in [0.29, 0.717) is 0 Å². The first-order chi connectivity index (χ1) is 8.08. The van der Waals surface area contributed by atoms with Crippen LogP contribution in [0.1, 0.15) is 23.1 Å². The van der Waals surface area contributed by atoms with Gasteiger partial charge in [0.2, 0.25) is 0 Å². The number of nitrogen functional groups attached to an aromatic ring is 1. The summed E-state index contributed by atoms with van der Waals surface area (Å²) in [4.78, 5) is 2.13. The molecule has 90 valence electrons. The highest BCUT2D eigenvalue weighted by molar-refractivity contribution is 5.41. The maximum atomic E-state index is 5.72. The lowest BCUT2D eigenvalue weighted by molar-refractivity contribution is 0.293. The van der Waals surface area contributed by atoms with E-state index < -0.39 is 0 Å². The smallest absolute Gasteiger partial charge is 0.125 e. The molecule has 2 aromatic rings. The lowest BCUT2D eigenvalue weighted by atomic mass is 10.0. The van der Waals surface area contributed by atoms with Gasteiger partial charge >= 0.3 is 0 Å². The molecule has 0 aliphatic carbocycles. The van der Waals surface area contributed by atoms with Crippen molar-refractivity contribution in [1.29, 1.82) is 0 Å². The van der Waals surface area contributed by atoms with Crippen molar-refractivity contribution in [2.75, 3.05) is 19.8 Å². The van der Waals surface area contributed by atoms with Crippen LogP contribution in [0.5, 0.6) is 0 Å². The quantitative estimate of drug-likeness (QED) is 0.824. The third-order valence-electron chi connectivity index (χ3n) is 2.80. The van der Waals surface area contributed by atoms with E-state index in [1.807, 2.05) is 57.4 Å². The maximum absolute atomic E-state index is 5.72. The summed E-state index contributed by atoms with van der Waals surface area (Å²) in [6.45, 7) is 1.96. The molecule has 0 aliphatic rings. The molecule has 0 radical (unpaired) electrons. The van der Waals surface area contributed by atoms with Crippen LogP contribution in [0.25, 0.3) is 0 Å². The van der Waals surface area contributed by atoms with Gasteiger partial charge in [0.15, 0.2) is 0 Å². The zero-order valence-electron chi connectivity index (χ0n) is 10.5. The molecule has 0 amide bonds. The van der Waals surface area contributed by atoms with E-state index in [-0.39, 0.29) is 6.04 Å². The molecule has 0 saturated carbocycles. The van der Waals surface area contributed by atoms with Crippen LogP contribution < -0.4 is 5.73 Å². The van der Waals surface area contributed by atoms with Crippen molar-refractivity contribution in [1.82, 2.24) is 4.90 Å². The Balaban J connectivity index is 2.39. The monoisotopic (exact) mass is 230 g/mol. The number of furan rings is 1. The average Bonchev–Trinajstić information content (AvgIpc) is 2.68. The third-order valence-corrected chi connectivity index (χ3v) is 2.80. The fourth-order valence-electron chi connectivity index (χ4n) is 2.00. The Kier molecular flexibility index (Phi) is 3.20. The lowest BCUT2D eigenvalue weighted by Gasteiger charge is -2.22. The van der Waals surface area contributed by atoms with Crippen LogP contribution >= 0.6 is 0 Å². The zero-order chi connectivity index (χ0) is 12.4. The Morgan fingerprint density at radius 1 is 1.06 bits per heavy atom. The van der Waals surface area contributed by atoms with Crippen LogP contribution in [-0.4, -0.2) is 19.0 Å². The van der Waals surface area contributed by atoms with Gasteiger partial charge in [0, 0.05) is 5.69 Å². The highest BCUT2D eigenvalue weighted by atomic mass is 16.3. The number of benzene rings is 1. The van der Waals surface area contributed by atoms with E-state index in [0.717, 1.165) is 17.2 Å². The number of hydrogen-bond donors (Lipinski definition) is 1. The van der Waals surface area contributed by atoms with E-state index >= 15 is 0 Å². The van der Waals surface area contributed by atoms with Gasteiger partial charge < -0.3 is 10.2 Å². The molecule has 1 aromatic heterocycles. The van der Waals surface area contributed by atoms with E-state index in [4.69, 9.17) is 10.2 Å². The summed E-state index contributed by atoms with van der Waals surface area (Å²) in [7, 11) is 4.08. The molecule has 0 saturated heterocycles. The fourth-order valence-corrected chi connectivity index (χ4v) is 2.00. The fraction of sp³-hybridized carbons (Fsp3) is 0.286. The number of anilines is 1. The minimum Gasteiger partial charge on any atom is -0.464 e. The number of aryl methyl sites for hydroxylation is 1. The summed E-state index contributed by atoms with van der Waals surface area (Å²) in [5.41, 5.74) is 7.67. The van der Waals surface area contributed by atoms with Crippen molar-refractivity contribution in [3.63, 3.8) is 0 Å². The van der Waals surface area contributed by atoms with Gasteiger partial charge in [-0.3, -0.25) is 4.90 Å². The van der Waals surface area contributed by atoms with Crippen molar-refractivity contribution < 1.29 is 4.42 Å². The van der Waals surface area contributed by atoms with E-state index in [2.05, 4.69) is 4.90 Å². The van der Waals surface area contributed by atoms with Crippen LogP contribution in [0.15, 0.2) is 40.8 Å². The van der Waals surface area contributed by atoms with Gasteiger partial charge in [0.1, 0.15) is 11.5 Å². The predicted molar refractivity (Wildman–Crippen MR) is 69.8 cm³/mol. The minimum atomic E-state index is 0.129. The van der Waals surface area contributed by atoms with Gasteiger partial charge in [-0.2, -0.15) is 0 Å². The number of hydrogen-bond acceptors (Lipinski definition) is 3. The molecule has 3 heteroatoms. The van der Waals surface area contributed by atoms with Gasteiger partial charge in [-0.15, -0.1) is 0 Å². The molecule has 1 atom stereocenters. The number of rotatable bonds is 3. The Morgan fingerprint density at radius 2 is 1.71 bits per heavy atom. The molecule has 1 aromatic carbocycles. The van der Waals surface area contributed by atoms with Gasteiger partial charge in [-0.25, -0.2) is 0 Å². The Hall–Kier alpha value is -1.74. The second-order valence-corrected chi connectivity index (χ2v) is 4.48. The van der Waals surface area contributed by atoms with Crippen LogP contribution in [0.3, 0.4) is 0 Å². The SMILES string of the molecule is Cc1ccc(C(c2ccc(N)cc2)N(C)C)o1. The molecule has 0 spiro atoms. The standard InChI is InChI=1S/C14H18N2O/c1-10-4-9-13(17-10)14(16(2)3)11-5-7-12(15)8-6-11/h4-9,14H,15H2,1-3H3. The summed E-state index contributed by atoms with van der Waals surface area (Å²) in [5.74, 6) is 1.89. The summed E-state index contributed by atoms with van der Waals surface area (Å²) in [6.07, 6.45) is 0. The minimum absolute atomic E-state index is 0.129. The lowest BCUT2D eigenvalue weighted by Crippen LogP contribution is -2.20. The molecular weight excluding hydrogens is 212 g/mol. The highest BCUT2D eigenvalue weighted by Crippen LogP contribution is 2.28. The summed E-state index contributed by atoms with van der Waals surface area (Å²) < 4.78 is 5.72. The molecule has 0 fully saturated rings. The second-order valence-electron chi connectivity index (χ2n) is 4.48. The summed E-state index contributed by atoms with van der Waals surface area (Å²) in [6, 6.07) is 12.1. The maximum Gasteiger partial charge on any atom is 0.125 e. The molecule has 3 nitrogen and oxygen atoms in total. The van der Waals surface area contributed by atoms with Crippen LogP contribution in [0.4, 0.5) is 5.69 Å². The zero-order valence-corrected chi connectivity index (χ0v) is 10.5. The highest BCUT2D eigenvalue weighted by Gasteiger charge is 2.19. The molecule has 17 heavy (non-hydrogen) atoms. The number of nitrogens with zero attached hydrogens (tertiary/aromatic N) is 1. The van der Waals surface area contributed by atoms with Gasteiger partial charge in [-0.05, 0) is 50.8 Å². The van der Waals surface area contributed by atoms with Gasteiger partial charge in [-0.1, -0.05) is 12.1 Å². The van der Waals surface area contributed by atoms with E-state index in [9.17, 15) is 0 Å². The second kappa shape index (κ2) is 4.63. The Labute approximate surface area is 102 Å². The van der Waals surface area contributed by atoms with Crippen molar-refractivity contribution in [2.45, 2.75) is 13.0 Å². The van der Waals surface area contributed by atoms with E-state index in [1.54, 1.807) is 0 Å². The van der Waals surface area contributed by atoms with E-state index in [1.165, 1.54) is 5.56 Å². The molecular formula is C14H18N2O. The van der Waals surface area contributed by atoms with Crippen LogP contribution in [0, 0.1) is 6.92 Å². The van der Waals surface area contributed by atoms with Crippen LogP contribution in [-0.2, 0) is 0 Å². The molecule has 1 unspecified atom stereocenters. The largest absolute Gasteiger partial charge is 0.464 e. The first kappa shape index (κ1) is 11.7. The molecule has 0 aliphatic heterocycles. The van der Waals surface area contributed by atoms with Gasteiger partial charge in [0.05, 0.1) is 6.04 Å². The Bertz CT molecular complexity index is 485. The third kappa shape index (κ3) is 2.50. The van der Waals surface area contributed by atoms with Crippen molar-refractivity contribution in [3.05, 3.63) is 53.5 Å². The Morgan fingerprint density at radius 3 is 2.18 bits per heavy atom. The molecule has 2 rings (SSSR count). The summed E-state index contributed by atoms with van der Waals surface area (Å²) >= 11 is 0. The average molecular weight is 230 g/mol. The predicted octanol–water partition coefficient (Wildman–Crippen LogP) is 2.82. The topological polar surface area (TPSA) is 42.4 Å².